The average molecular weight is 261 g/mol. The summed E-state index contributed by atoms with van der Waals surface area (Å²) < 4.78 is 0. The van der Waals surface area contributed by atoms with Crippen LogP contribution in [-0.4, -0.2) is 24.6 Å². The summed E-state index contributed by atoms with van der Waals surface area (Å²) in [7, 11) is 0. The molecule has 1 N–H and O–H groups in total. The summed E-state index contributed by atoms with van der Waals surface area (Å²) in [5.41, 5.74) is 3.03. The highest BCUT2D eigenvalue weighted by Crippen LogP contribution is 2.35. The molecule has 0 radical (unpaired) electrons. The van der Waals surface area contributed by atoms with Gasteiger partial charge in [-0.05, 0) is 36.9 Å². The van der Waals surface area contributed by atoms with Gasteiger partial charge in [-0.3, -0.25) is 4.98 Å². The van der Waals surface area contributed by atoms with Crippen LogP contribution in [0.4, 0.5) is 5.69 Å². The number of pyridine rings is 1. The van der Waals surface area contributed by atoms with E-state index in [9.17, 15) is 0 Å². The Bertz CT molecular complexity index is 395. The van der Waals surface area contributed by atoms with Crippen molar-refractivity contribution in [2.45, 2.75) is 46.6 Å². The smallest absolute Gasteiger partial charge is 0.0562 e. The maximum absolute atomic E-state index is 4.43. The quantitative estimate of drug-likeness (QED) is 0.882. The molecule has 1 saturated heterocycles. The van der Waals surface area contributed by atoms with Gasteiger partial charge in [-0.1, -0.05) is 27.2 Å². The summed E-state index contributed by atoms with van der Waals surface area (Å²) in [6, 6.07) is 4.38. The van der Waals surface area contributed by atoms with E-state index in [0.717, 1.165) is 18.8 Å². The molecule has 0 saturated carbocycles. The number of rotatable bonds is 5. The second-order valence-corrected chi connectivity index (χ2v) is 5.94. The zero-order valence-corrected chi connectivity index (χ0v) is 12.6. The SMILES string of the molecule is CCNCc1cc(N2CCC(C)(CC)CC2)ccn1. The fourth-order valence-electron chi connectivity index (χ4n) is 2.67. The molecule has 3 heteroatoms. The maximum atomic E-state index is 4.43. The molecule has 0 aromatic carbocycles. The first-order valence-corrected chi connectivity index (χ1v) is 7.57. The van der Waals surface area contributed by atoms with E-state index in [-0.39, 0.29) is 0 Å². The molecular formula is C16H27N3. The third-order valence-electron chi connectivity index (χ3n) is 4.55. The Labute approximate surface area is 117 Å². The Hall–Kier alpha value is -1.09. The molecular weight excluding hydrogens is 234 g/mol. The molecule has 1 aliphatic rings. The van der Waals surface area contributed by atoms with Gasteiger partial charge in [0, 0.05) is 31.5 Å². The molecule has 1 aliphatic heterocycles. The van der Waals surface area contributed by atoms with Gasteiger partial charge >= 0.3 is 0 Å². The number of hydrogen-bond donors (Lipinski definition) is 1. The summed E-state index contributed by atoms with van der Waals surface area (Å²) in [6.07, 6.45) is 5.83. The predicted octanol–water partition coefficient (Wildman–Crippen LogP) is 3.21. The van der Waals surface area contributed by atoms with Crippen LogP contribution in [0.25, 0.3) is 0 Å². The van der Waals surface area contributed by atoms with Crippen molar-refractivity contribution >= 4 is 5.69 Å². The monoisotopic (exact) mass is 261 g/mol. The second kappa shape index (κ2) is 6.38. The average Bonchev–Trinajstić information content (AvgIpc) is 2.46. The summed E-state index contributed by atoms with van der Waals surface area (Å²) in [4.78, 5) is 6.94. The molecule has 0 unspecified atom stereocenters. The van der Waals surface area contributed by atoms with Crippen molar-refractivity contribution in [3.63, 3.8) is 0 Å². The largest absolute Gasteiger partial charge is 0.371 e. The first-order valence-electron chi connectivity index (χ1n) is 7.57. The summed E-state index contributed by atoms with van der Waals surface area (Å²) >= 11 is 0. The molecule has 1 aromatic heterocycles. The maximum Gasteiger partial charge on any atom is 0.0562 e. The van der Waals surface area contributed by atoms with Gasteiger partial charge in [0.1, 0.15) is 0 Å². The Morgan fingerprint density at radius 2 is 2.05 bits per heavy atom. The van der Waals surface area contributed by atoms with E-state index in [1.165, 1.54) is 38.0 Å². The van der Waals surface area contributed by atoms with E-state index in [2.05, 4.69) is 48.1 Å². The van der Waals surface area contributed by atoms with Crippen LogP contribution >= 0.6 is 0 Å². The van der Waals surface area contributed by atoms with Crippen LogP contribution in [0.1, 0.15) is 45.7 Å². The number of anilines is 1. The molecule has 3 nitrogen and oxygen atoms in total. The summed E-state index contributed by atoms with van der Waals surface area (Å²) in [6.45, 7) is 11.1. The lowest BCUT2D eigenvalue weighted by Crippen LogP contribution is -2.38. The van der Waals surface area contributed by atoms with Crippen LogP contribution in [-0.2, 0) is 6.54 Å². The lowest BCUT2D eigenvalue weighted by Gasteiger charge is -2.40. The van der Waals surface area contributed by atoms with Gasteiger partial charge in [0.05, 0.1) is 5.69 Å². The van der Waals surface area contributed by atoms with Crippen molar-refractivity contribution in [3.8, 4) is 0 Å². The minimum atomic E-state index is 0.552. The highest BCUT2D eigenvalue weighted by Gasteiger charge is 2.28. The number of piperidine rings is 1. The topological polar surface area (TPSA) is 28.2 Å². The van der Waals surface area contributed by atoms with Gasteiger partial charge in [0.15, 0.2) is 0 Å². The van der Waals surface area contributed by atoms with Crippen molar-refractivity contribution in [3.05, 3.63) is 24.0 Å². The van der Waals surface area contributed by atoms with Gasteiger partial charge in [-0.2, -0.15) is 0 Å². The Kier molecular flexibility index (Phi) is 4.81. The molecule has 1 aromatic rings. The van der Waals surface area contributed by atoms with Crippen molar-refractivity contribution in [1.82, 2.24) is 10.3 Å². The normalized spacial score (nSPS) is 18.6. The van der Waals surface area contributed by atoms with E-state index in [0.29, 0.717) is 5.41 Å². The lowest BCUT2D eigenvalue weighted by atomic mass is 9.78. The third-order valence-corrected chi connectivity index (χ3v) is 4.55. The van der Waals surface area contributed by atoms with Gasteiger partial charge < -0.3 is 10.2 Å². The van der Waals surface area contributed by atoms with Crippen LogP contribution in [0.2, 0.25) is 0 Å². The van der Waals surface area contributed by atoms with Crippen molar-refractivity contribution in [2.24, 2.45) is 5.41 Å². The Balaban J connectivity index is 1.99. The minimum Gasteiger partial charge on any atom is -0.371 e. The predicted molar refractivity (Wildman–Crippen MR) is 81.5 cm³/mol. The van der Waals surface area contributed by atoms with Crippen LogP contribution in [0.15, 0.2) is 18.3 Å². The molecule has 0 amide bonds. The van der Waals surface area contributed by atoms with Crippen molar-refractivity contribution < 1.29 is 0 Å². The van der Waals surface area contributed by atoms with E-state index in [1.807, 2.05) is 6.20 Å². The fraction of sp³-hybridized carbons (Fsp3) is 0.688. The van der Waals surface area contributed by atoms with E-state index in [4.69, 9.17) is 0 Å². The van der Waals surface area contributed by atoms with E-state index >= 15 is 0 Å². The standard InChI is InChI=1S/C16H27N3/c1-4-16(3)7-10-19(11-8-16)15-6-9-18-14(12-15)13-17-5-2/h6,9,12,17H,4-5,7-8,10-11,13H2,1-3H3. The second-order valence-electron chi connectivity index (χ2n) is 5.94. The summed E-state index contributed by atoms with van der Waals surface area (Å²) in [5.74, 6) is 0. The third kappa shape index (κ3) is 3.69. The Morgan fingerprint density at radius 3 is 2.68 bits per heavy atom. The van der Waals surface area contributed by atoms with Crippen LogP contribution in [0.3, 0.4) is 0 Å². The number of hydrogen-bond acceptors (Lipinski definition) is 3. The molecule has 2 heterocycles. The van der Waals surface area contributed by atoms with Gasteiger partial charge in [-0.15, -0.1) is 0 Å². The highest BCUT2D eigenvalue weighted by molar-refractivity contribution is 5.47. The first-order chi connectivity index (χ1) is 9.17. The zero-order chi connectivity index (χ0) is 13.7. The molecule has 106 valence electrons. The van der Waals surface area contributed by atoms with Crippen LogP contribution in [0.5, 0.6) is 0 Å². The lowest BCUT2D eigenvalue weighted by molar-refractivity contribution is 0.238. The van der Waals surface area contributed by atoms with Gasteiger partial charge in [-0.25, -0.2) is 0 Å². The molecule has 19 heavy (non-hydrogen) atoms. The fourth-order valence-corrected chi connectivity index (χ4v) is 2.67. The molecule has 0 atom stereocenters. The number of nitrogens with one attached hydrogen (secondary N) is 1. The molecule has 1 fully saturated rings. The molecule has 0 bridgehead atoms. The Morgan fingerprint density at radius 1 is 1.32 bits per heavy atom. The van der Waals surface area contributed by atoms with Crippen LogP contribution in [0, 0.1) is 5.41 Å². The van der Waals surface area contributed by atoms with Crippen molar-refractivity contribution in [1.29, 1.82) is 0 Å². The number of nitrogens with zero attached hydrogens (tertiary/aromatic N) is 2. The van der Waals surface area contributed by atoms with Gasteiger partial charge in [0.25, 0.3) is 0 Å². The molecule has 0 aliphatic carbocycles. The zero-order valence-electron chi connectivity index (χ0n) is 12.6. The van der Waals surface area contributed by atoms with E-state index < -0.39 is 0 Å². The van der Waals surface area contributed by atoms with Crippen molar-refractivity contribution in [2.75, 3.05) is 24.5 Å². The highest BCUT2D eigenvalue weighted by atomic mass is 15.1. The molecule has 2 rings (SSSR count). The number of aromatic nitrogens is 1. The summed E-state index contributed by atoms with van der Waals surface area (Å²) in [5, 5.41) is 3.34. The van der Waals surface area contributed by atoms with Crippen LogP contribution < -0.4 is 10.2 Å². The molecule has 0 spiro atoms. The van der Waals surface area contributed by atoms with E-state index in [1.54, 1.807) is 0 Å². The minimum absolute atomic E-state index is 0.552. The van der Waals surface area contributed by atoms with Gasteiger partial charge in [0.2, 0.25) is 0 Å². The first kappa shape index (κ1) is 14.3.